The molecule has 2 aromatic carbocycles. The summed E-state index contributed by atoms with van der Waals surface area (Å²) >= 11 is 6.81. The quantitative estimate of drug-likeness (QED) is 0.577. The second-order valence-electron chi connectivity index (χ2n) is 4.36. The van der Waals surface area contributed by atoms with Crippen LogP contribution in [0.2, 0.25) is 0 Å². The zero-order valence-electron chi connectivity index (χ0n) is 10.3. The van der Waals surface area contributed by atoms with Crippen LogP contribution in [0.1, 0.15) is 15.9 Å². The number of hydrogen-bond donors (Lipinski definition) is 0. The zero-order chi connectivity index (χ0) is 14.1. The van der Waals surface area contributed by atoms with E-state index in [1.54, 1.807) is 6.20 Å². The number of carbonyl (C=O) groups is 1. The first-order valence-corrected chi connectivity index (χ1v) is 7.58. The van der Waals surface area contributed by atoms with Crippen LogP contribution in [0.15, 0.2) is 63.7 Å². The van der Waals surface area contributed by atoms with Crippen molar-refractivity contribution < 1.29 is 4.79 Å². The summed E-state index contributed by atoms with van der Waals surface area (Å²) in [5.74, 6) is -0.0225. The van der Waals surface area contributed by atoms with Gasteiger partial charge >= 0.3 is 0 Å². The second-order valence-corrected chi connectivity index (χ2v) is 6.13. The van der Waals surface area contributed by atoms with Gasteiger partial charge in [-0.2, -0.15) is 0 Å². The molecule has 0 radical (unpaired) electrons. The first-order chi connectivity index (χ1) is 9.65. The molecule has 1 aromatic heterocycles. The summed E-state index contributed by atoms with van der Waals surface area (Å²) in [6.45, 7) is 0. The van der Waals surface area contributed by atoms with Crippen molar-refractivity contribution in [1.82, 2.24) is 4.98 Å². The summed E-state index contributed by atoms with van der Waals surface area (Å²) in [6, 6.07) is 15.0. The Labute approximate surface area is 133 Å². The standard InChI is InChI=1S/C16H9Br2NO/c17-12-5-6-14(18)13(9-12)16(20)11-4-3-10-2-1-7-19-15(10)8-11/h1-9H. The van der Waals surface area contributed by atoms with Crippen LogP contribution >= 0.6 is 31.9 Å². The van der Waals surface area contributed by atoms with Crippen LogP contribution in [0, 0.1) is 0 Å². The van der Waals surface area contributed by atoms with E-state index in [2.05, 4.69) is 36.8 Å². The highest BCUT2D eigenvalue weighted by Crippen LogP contribution is 2.25. The molecular formula is C16H9Br2NO. The lowest BCUT2D eigenvalue weighted by Gasteiger charge is -2.06. The molecule has 3 rings (SSSR count). The molecule has 0 spiro atoms. The van der Waals surface area contributed by atoms with Gasteiger partial charge in [0, 0.05) is 31.7 Å². The van der Waals surface area contributed by atoms with Crippen LogP contribution in [0.5, 0.6) is 0 Å². The molecular weight excluding hydrogens is 382 g/mol. The summed E-state index contributed by atoms with van der Waals surface area (Å²) < 4.78 is 1.66. The van der Waals surface area contributed by atoms with E-state index in [0.717, 1.165) is 19.8 Å². The number of pyridine rings is 1. The first kappa shape index (κ1) is 13.5. The largest absolute Gasteiger partial charge is 0.289 e. The van der Waals surface area contributed by atoms with E-state index in [0.29, 0.717) is 11.1 Å². The number of nitrogens with zero attached hydrogens (tertiary/aromatic N) is 1. The van der Waals surface area contributed by atoms with Gasteiger partial charge in [-0.25, -0.2) is 0 Å². The maximum atomic E-state index is 12.6. The van der Waals surface area contributed by atoms with Crippen molar-refractivity contribution in [3.8, 4) is 0 Å². The lowest BCUT2D eigenvalue weighted by atomic mass is 10.0. The monoisotopic (exact) mass is 389 g/mol. The van der Waals surface area contributed by atoms with Crippen molar-refractivity contribution in [3.63, 3.8) is 0 Å². The number of hydrogen-bond acceptors (Lipinski definition) is 2. The molecule has 0 saturated carbocycles. The lowest BCUT2D eigenvalue weighted by Crippen LogP contribution is -2.02. The third-order valence-electron chi connectivity index (χ3n) is 3.04. The van der Waals surface area contributed by atoms with Gasteiger partial charge in [0.05, 0.1) is 5.52 Å². The minimum absolute atomic E-state index is 0.0225. The Hall–Kier alpha value is -1.52. The first-order valence-electron chi connectivity index (χ1n) is 6.00. The number of aromatic nitrogens is 1. The highest BCUT2D eigenvalue weighted by Gasteiger charge is 2.13. The summed E-state index contributed by atoms with van der Waals surface area (Å²) in [4.78, 5) is 16.9. The van der Waals surface area contributed by atoms with Crippen molar-refractivity contribution in [1.29, 1.82) is 0 Å². The highest BCUT2D eigenvalue weighted by atomic mass is 79.9. The van der Waals surface area contributed by atoms with Crippen molar-refractivity contribution >= 4 is 48.5 Å². The van der Waals surface area contributed by atoms with E-state index in [4.69, 9.17) is 0 Å². The van der Waals surface area contributed by atoms with Gasteiger partial charge in [0.25, 0.3) is 0 Å². The van der Waals surface area contributed by atoms with Crippen LogP contribution in [0.25, 0.3) is 10.9 Å². The molecule has 1 heterocycles. The topological polar surface area (TPSA) is 30.0 Å². The van der Waals surface area contributed by atoms with Gasteiger partial charge in [0.2, 0.25) is 0 Å². The normalized spacial score (nSPS) is 10.7. The van der Waals surface area contributed by atoms with Gasteiger partial charge in [-0.3, -0.25) is 9.78 Å². The number of ketones is 1. The van der Waals surface area contributed by atoms with Crippen molar-refractivity contribution in [3.05, 3.63) is 74.8 Å². The molecule has 20 heavy (non-hydrogen) atoms. The number of rotatable bonds is 2. The third-order valence-corrected chi connectivity index (χ3v) is 4.23. The Kier molecular flexibility index (Phi) is 3.68. The lowest BCUT2D eigenvalue weighted by molar-refractivity contribution is 0.103. The molecule has 0 fully saturated rings. The minimum atomic E-state index is -0.0225. The Morgan fingerprint density at radius 2 is 1.85 bits per heavy atom. The fourth-order valence-electron chi connectivity index (χ4n) is 2.03. The van der Waals surface area contributed by atoms with Crippen molar-refractivity contribution in [2.75, 3.05) is 0 Å². The number of carbonyl (C=O) groups excluding carboxylic acids is 1. The molecule has 0 aliphatic rings. The number of halogens is 2. The van der Waals surface area contributed by atoms with Crippen LogP contribution in [0.3, 0.4) is 0 Å². The molecule has 3 aromatic rings. The van der Waals surface area contributed by atoms with E-state index in [1.165, 1.54) is 0 Å². The SMILES string of the molecule is O=C(c1ccc2cccnc2c1)c1cc(Br)ccc1Br. The van der Waals surface area contributed by atoms with Crippen LogP contribution in [-0.2, 0) is 0 Å². The molecule has 0 aliphatic carbocycles. The Morgan fingerprint density at radius 1 is 1.00 bits per heavy atom. The Balaban J connectivity index is 2.10. The van der Waals surface area contributed by atoms with Gasteiger partial charge in [0.15, 0.2) is 5.78 Å². The summed E-state index contributed by atoms with van der Waals surface area (Å²) in [7, 11) is 0. The Bertz CT molecular complexity index is 814. The van der Waals surface area contributed by atoms with Crippen LogP contribution in [-0.4, -0.2) is 10.8 Å². The smallest absolute Gasteiger partial charge is 0.194 e. The fourth-order valence-corrected chi connectivity index (χ4v) is 2.82. The van der Waals surface area contributed by atoms with E-state index in [1.807, 2.05) is 48.5 Å². The maximum Gasteiger partial charge on any atom is 0.194 e. The molecule has 0 bridgehead atoms. The predicted octanol–water partition coefficient (Wildman–Crippen LogP) is 4.99. The van der Waals surface area contributed by atoms with Crippen LogP contribution in [0.4, 0.5) is 0 Å². The fraction of sp³-hybridized carbons (Fsp3) is 0. The molecule has 2 nitrogen and oxygen atoms in total. The molecule has 0 unspecified atom stereocenters. The van der Waals surface area contributed by atoms with Crippen molar-refractivity contribution in [2.24, 2.45) is 0 Å². The third kappa shape index (κ3) is 2.53. The predicted molar refractivity (Wildman–Crippen MR) is 87.0 cm³/mol. The Morgan fingerprint density at radius 3 is 2.70 bits per heavy atom. The van der Waals surface area contributed by atoms with E-state index in [-0.39, 0.29) is 5.78 Å². The van der Waals surface area contributed by atoms with Gasteiger partial charge in [-0.05, 0) is 30.3 Å². The van der Waals surface area contributed by atoms with E-state index < -0.39 is 0 Å². The maximum absolute atomic E-state index is 12.6. The molecule has 0 aliphatic heterocycles. The molecule has 0 N–H and O–H groups in total. The molecule has 0 atom stereocenters. The highest BCUT2D eigenvalue weighted by molar-refractivity contribution is 9.11. The van der Waals surface area contributed by atoms with Gasteiger partial charge in [-0.1, -0.05) is 50.1 Å². The average molecular weight is 391 g/mol. The molecule has 0 amide bonds. The number of benzene rings is 2. The zero-order valence-corrected chi connectivity index (χ0v) is 13.5. The van der Waals surface area contributed by atoms with Crippen LogP contribution < -0.4 is 0 Å². The summed E-state index contributed by atoms with van der Waals surface area (Å²) in [6.07, 6.45) is 1.73. The van der Waals surface area contributed by atoms with E-state index >= 15 is 0 Å². The molecule has 98 valence electrons. The molecule has 0 saturated heterocycles. The van der Waals surface area contributed by atoms with E-state index in [9.17, 15) is 4.79 Å². The number of fused-ring (bicyclic) bond motifs is 1. The molecule has 4 heteroatoms. The second kappa shape index (κ2) is 5.46. The minimum Gasteiger partial charge on any atom is -0.289 e. The van der Waals surface area contributed by atoms with Gasteiger partial charge in [0.1, 0.15) is 0 Å². The van der Waals surface area contributed by atoms with Crippen molar-refractivity contribution in [2.45, 2.75) is 0 Å². The average Bonchev–Trinajstić information content (AvgIpc) is 2.48. The summed E-state index contributed by atoms with van der Waals surface area (Å²) in [5, 5.41) is 1.03. The van der Waals surface area contributed by atoms with Gasteiger partial charge in [-0.15, -0.1) is 0 Å². The summed E-state index contributed by atoms with van der Waals surface area (Å²) in [5.41, 5.74) is 2.09. The van der Waals surface area contributed by atoms with Gasteiger partial charge < -0.3 is 0 Å².